The van der Waals surface area contributed by atoms with Crippen molar-refractivity contribution in [3.8, 4) is 17.4 Å². The SMILES string of the molecule is Oc1c2c(c(O)n1-c1ccc(N3CCOCC3)c(Cl)c1)[C@H]1C=C[C@@H]2CC1. The van der Waals surface area contributed by atoms with Gasteiger partial charge in [-0.3, -0.25) is 4.57 Å². The molecule has 4 aliphatic rings. The Labute approximate surface area is 157 Å². The Hall–Kier alpha value is -2.11. The molecule has 6 rings (SSSR count). The first kappa shape index (κ1) is 16.1. The number of benzene rings is 1. The molecule has 1 aromatic heterocycles. The van der Waals surface area contributed by atoms with E-state index in [4.69, 9.17) is 16.3 Å². The minimum atomic E-state index is 0.131. The summed E-state index contributed by atoms with van der Waals surface area (Å²) in [5.41, 5.74) is 3.37. The molecule has 3 aliphatic carbocycles. The van der Waals surface area contributed by atoms with Gasteiger partial charge in [0.15, 0.2) is 0 Å². The predicted octanol–water partition coefficient (Wildman–Crippen LogP) is 3.91. The summed E-state index contributed by atoms with van der Waals surface area (Å²) in [5, 5.41) is 22.3. The Morgan fingerprint density at radius 2 is 1.58 bits per heavy atom. The largest absolute Gasteiger partial charge is 0.494 e. The zero-order chi connectivity index (χ0) is 17.8. The van der Waals surface area contributed by atoms with E-state index in [0.29, 0.717) is 23.9 Å². The van der Waals surface area contributed by atoms with E-state index in [1.807, 2.05) is 18.2 Å². The molecule has 2 heterocycles. The van der Waals surface area contributed by atoms with Crippen LogP contribution in [0.25, 0.3) is 5.69 Å². The van der Waals surface area contributed by atoms with Gasteiger partial charge in [0.1, 0.15) is 0 Å². The minimum absolute atomic E-state index is 0.131. The maximum Gasteiger partial charge on any atom is 0.202 e. The lowest BCUT2D eigenvalue weighted by Gasteiger charge is -2.30. The fourth-order valence-electron chi connectivity index (χ4n) is 4.55. The molecule has 1 aromatic carbocycles. The van der Waals surface area contributed by atoms with Gasteiger partial charge in [0, 0.05) is 36.1 Å². The van der Waals surface area contributed by atoms with Crippen LogP contribution in [-0.4, -0.2) is 41.1 Å². The number of allylic oxidation sites excluding steroid dienone is 2. The number of morpholine rings is 1. The fraction of sp³-hybridized carbons (Fsp3) is 0.400. The number of rotatable bonds is 2. The van der Waals surface area contributed by atoms with E-state index in [0.717, 1.165) is 42.7 Å². The molecular weight excluding hydrogens is 352 g/mol. The first-order valence-electron chi connectivity index (χ1n) is 9.12. The molecule has 0 saturated carbocycles. The van der Waals surface area contributed by atoms with Crippen molar-refractivity contribution in [3.63, 3.8) is 0 Å². The van der Waals surface area contributed by atoms with Gasteiger partial charge in [-0.25, -0.2) is 0 Å². The Morgan fingerprint density at radius 1 is 0.962 bits per heavy atom. The molecule has 5 nitrogen and oxygen atoms in total. The molecule has 26 heavy (non-hydrogen) atoms. The van der Waals surface area contributed by atoms with Crippen LogP contribution in [0.3, 0.4) is 0 Å². The Kier molecular flexibility index (Phi) is 3.69. The normalized spacial score (nSPS) is 24.1. The summed E-state index contributed by atoms with van der Waals surface area (Å²) in [4.78, 5) is 2.19. The van der Waals surface area contributed by atoms with Crippen LogP contribution in [0.15, 0.2) is 30.4 Å². The van der Waals surface area contributed by atoms with Crippen molar-refractivity contribution in [3.05, 3.63) is 46.5 Å². The number of hydrogen-bond donors (Lipinski definition) is 2. The zero-order valence-corrected chi connectivity index (χ0v) is 15.1. The molecule has 136 valence electrons. The third-order valence-corrected chi connectivity index (χ3v) is 6.15. The van der Waals surface area contributed by atoms with Gasteiger partial charge in [0.05, 0.1) is 29.6 Å². The van der Waals surface area contributed by atoms with E-state index in [-0.39, 0.29) is 23.6 Å². The monoisotopic (exact) mass is 372 g/mol. The van der Waals surface area contributed by atoms with Gasteiger partial charge in [-0.1, -0.05) is 23.8 Å². The summed E-state index contributed by atoms with van der Waals surface area (Å²) in [6.45, 7) is 3.00. The predicted molar refractivity (Wildman–Crippen MR) is 101 cm³/mol. The van der Waals surface area contributed by atoms with Crippen molar-refractivity contribution in [2.45, 2.75) is 24.7 Å². The highest BCUT2D eigenvalue weighted by Crippen LogP contribution is 2.54. The summed E-state index contributed by atoms with van der Waals surface area (Å²) in [7, 11) is 0. The molecule has 2 aromatic rings. The number of ether oxygens (including phenoxy) is 1. The quantitative estimate of drug-likeness (QED) is 0.785. The third-order valence-electron chi connectivity index (χ3n) is 5.84. The lowest BCUT2D eigenvalue weighted by molar-refractivity contribution is 0.122. The highest BCUT2D eigenvalue weighted by Gasteiger charge is 2.38. The Morgan fingerprint density at radius 3 is 2.12 bits per heavy atom. The molecule has 0 unspecified atom stereocenters. The highest BCUT2D eigenvalue weighted by molar-refractivity contribution is 6.33. The van der Waals surface area contributed by atoms with E-state index < -0.39 is 0 Å². The van der Waals surface area contributed by atoms with Crippen LogP contribution in [0.4, 0.5) is 5.69 Å². The van der Waals surface area contributed by atoms with Crippen LogP contribution in [0.1, 0.15) is 35.8 Å². The van der Waals surface area contributed by atoms with Crippen LogP contribution in [0, 0.1) is 0 Å². The number of nitrogens with zero attached hydrogens (tertiary/aromatic N) is 2. The van der Waals surface area contributed by atoms with Gasteiger partial charge in [-0.15, -0.1) is 0 Å². The molecule has 1 aliphatic heterocycles. The van der Waals surface area contributed by atoms with Crippen molar-refractivity contribution < 1.29 is 14.9 Å². The van der Waals surface area contributed by atoms with Crippen molar-refractivity contribution in [2.24, 2.45) is 0 Å². The molecule has 0 spiro atoms. The summed E-state index contributed by atoms with van der Waals surface area (Å²) in [6.07, 6.45) is 6.33. The van der Waals surface area contributed by atoms with Gasteiger partial charge in [-0.05, 0) is 31.0 Å². The standard InChI is InChI=1S/C20H21ClN2O3/c21-15-11-14(5-6-16(15)22-7-9-26-10-8-22)23-19(24)17-12-1-2-13(4-3-12)18(17)20(23)25/h1-2,5-6,11-13,24-25H,3-4,7-10H2/t12-,13+. The van der Waals surface area contributed by atoms with Gasteiger partial charge < -0.3 is 19.8 Å². The fourth-order valence-corrected chi connectivity index (χ4v) is 4.85. The maximum absolute atomic E-state index is 10.8. The molecular formula is C20H21ClN2O3. The second-order valence-corrected chi connectivity index (χ2v) is 7.63. The minimum Gasteiger partial charge on any atom is -0.494 e. The number of fused-ring (bicyclic) bond motifs is 1. The third kappa shape index (κ3) is 2.27. The van der Waals surface area contributed by atoms with Gasteiger partial charge >= 0.3 is 0 Å². The van der Waals surface area contributed by atoms with Crippen molar-refractivity contribution in [1.82, 2.24) is 4.57 Å². The van der Waals surface area contributed by atoms with Crippen LogP contribution < -0.4 is 4.90 Å². The first-order valence-corrected chi connectivity index (χ1v) is 9.50. The van der Waals surface area contributed by atoms with E-state index in [1.165, 1.54) is 4.57 Å². The Balaban J connectivity index is 1.57. The lowest BCUT2D eigenvalue weighted by Crippen LogP contribution is -2.36. The molecule has 2 atom stereocenters. The average molecular weight is 373 g/mol. The van der Waals surface area contributed by atoms with Crippen LogP contribution >= 0.6 is 11.6 Å². The van der Waals surface area contributed by atoms with Gasteiger partial charge in [-0.2, -0.15) is 0 Å². The van der Waals surface area contributed by atoms with Gasteiger partial charge in [0.2, 0.25) is 11.8 Å². The van der Waals surface area contributed by atoms with E-state index in [9.17, 15) is 10.2 Å². The number of hydrogen-bond acceptors (Lipinski definition) is 4. The summed E-state index contributed by atoms with van der Waals surface area (Å²) in [5.74, 6) is 0.633. The van der Waals surface area contributed by atoms with Crippen LogP contribution in [-0.2, 0) is 4.74 Å². The molecule has 2 N–H and O–H groups in total. The number of aromatic hydroxyl groups is 2. The molecule has 0 amide bonds. The second-order valence-electron chi connectivity index (χ2n) is 7.22. The smallest absolute Gasteiger partial charge is 0.202 e. The van der Waals surface area contributed by atoms with Crippen molar-refractivity contribution in [2.75, 3.05) is 31.2 Å². The molecule has 1 fully saturated rings. The lowest BCUT2D eigenvalue weighted by atomic mass is 9.73. The van der Waals surface area contributed by atoms with Gasteiger partial charge in [0.25, 0.3) is 0 Å². The summed E-state index contributed by atoms with van der Waals surface area (Å²) in [6, 6.07) is 5.66. The van der Waals surface area contributed by atoms with Crippen LogP contribution in [0.5, 0.6) is 11.8 Å². The molecule has 6 heteroatoms. The summed E-state index contributed by atoms with van der Waals surface area (Å²) < 4.78 is 6.92. The average Bonchev–Trinajstić information content (AvgIpc) is 2.96. The number of aromatic nitrogens is 1. The van der Waals surface area contributed by atoms with E-state index >= 15 is 0 Å². The van der Waals surface area contributed by atoms with Crippen LogP contribution in [0.2, 0.25) is 5.02 Å². The second kappa shape index (κ2) is 5.96. The number of anilines is 1. The van der Waals surface area contributed by atoms with E-state index in [2.05, 4.69) is 17.1 Å². The number of halogens is 1. The maximum atomic E-state index is 10.8. The topological polar surface area (TPSA) is 57.9 Å². The summed E-state index contributed by atoms with van der Waals surface area (Å²) >= 11 is 6.54. The molecule has 0 radical (unpaired) electrons. The highest BCUT2D eigenvalue weighted by atomic mass is 35.5. The first-order chi connectivity index (χ1) is 12.6. The Bertz CT molecular complexity index is 861. The van der Waals surface area contributed by atoms with Crippen molar-refractivity contribution in [1.29, 1.82) is 0 Å². The molecule has 2 bridgehead atoms. The van der Waals surface area contributed by atoms with Crippen molar-refractivity contribution >= 4 is 17.3 Å². The molecule has 1 saturated heterocycles. The zero-order valence-electron chi connectivity index (χ0n) is 14.4. The van der Waals surface area contributed by atoms with E-state index in [1.54, 1.807) is 0 Å².